The Bertz CT molecular complexity index is 113. The lowest BCUT2D eigenvalue weighted by Gasteiger charge is -2.17. The van der Waals surface area contributed by atoms with E-state index >= 15 is 0 Å². The molecule has 0 aromatic carbocycles. The van der Waals surface area contributed by atoms with Gasteiger partial charge in [0.05, 0.1) is 0 Å². The Kier molecular flexibility index (Phi) is 9.42. The van der Waals surface area contributed by atoms with Crippen molar-refractivity contribution >= 4 is 0 Å². The summed E-state index contributed by atoms with van der Waals surface area (Å²) in [6.07, 6.45) is 3.83. The maximum atomic E-state index is 3.43. The van der Waals surface area contributed by atoms with Crippen molar-refractivity contribution in [2.75, 3.05) is 33.2 Å². The highest BCUT2D eigenvalue weighted by atomic mass is 15.1. The third-order valence-electron chi connectivity index (χ3n) is 2.41. The maximum absolute atomic E-state index is 3.43. The first kappa shape index (κ1) is 13.9. The fraction of sp³-hybridized carbons (Fsp3) is 1.00. The number of rotatable bonds is 9. The molecule has 0 aliphatic heterocycles. The van der Waals surface area contributed by atoms with Gasteiger partial charge in [-0.1, -0.05) is 20.8 Å². The summed E-state index contributed by atoms with van der Waals surface area (Å²) in [7, 11) is 2.22. The van der Waals surface area contributed by atoms with Crippen LogP contribution in [-0.2, 0) is 0 Å². The number of nitrogens with zero attached hydrogens (tertiary/aromatic N) is 1. The molecular weight excluding hydrogens is 172 g/mol. The lowest BCUT2D eigenvalue weighted by atomic mass is 10.1. The molecule has 2 heteroatoms. The van der Waals surface area contributed by atoms with Crippen LogP contribution in [0.2, 0.25) is 0 Å². The van der Waals surface area contributed by atoms with Crippen molar-refractivity contribution in [1.29, 1.82) is 0 Å². The first-order valence-electron chi connectivity index (χ1n) is 6.06. The van der Waals surface area contributed by atoms with Gasteiger partial charge in [0.25, 0.3) is 0 Å². The quantitative estimate of drug-likeness (QED) is 0.575. The van der Waals surface area contributed by atoms with E-state index in [0.717, 1.165) is 12.5 Å². The van der Waals surface area contributed by atoms with Crippen molar-refractivity contribution in [3.05, 3.63) is 0 Å². The minimum atomic E-state index is 0.829. The van der Waals surface area contributed by atoms with E-state index in [4.69, 9.17) is 0 Å². The van der Waals surface area contributed by atoms with Gasteiger partial charge in [-0.3, -0.25) is 0 Å². The van der Waals surface area contributed by atoms with Gasteiger partial charge >= 0.3 is 0 Å². The summed E-state index contributed by atoms with van der Waals surface area (Å²) in [5.41, 5.74) is 0. The molecule has 0 aromatic rings. The molecule has 0 spiro atoms. The van der Waals surface area contributed by atoms with Gasteiger partial charge < -0.3 is 10.2 Å². The molecule has 0 fully saturated rings. The SMILES string of the molecule is CCCNCCCN(C)CCC(C)C. The van der Waals surface area contributed by atoms with Crippen molar-refractivity contribution in [2.24, 2.45) is 5.92 Å². The Morgan fingerprint density at radius 3 is 2.43 bits per heavy atom. The van der Waals surface area contributed by atoms with Crippen LogP contribution in [-0.4, -0.2) is 38.1 Å². The van der Waals surface area contributed by atoms with Crippen LogP contribution in [0.1, 0.15) is 40.0 Å². The second kappa shape index (κ2) is 9.47. The van der Waals surface area contributed by atoms with Crippen LogP contribution in [0.4, 0.5) is 0 Å². The first-order chi connectivity index (χ1) is 6.66. The van der Waals surface area contributed by atoms with Crippen molar-refractivity contribution < 1.29 is 0 Å². The molecule has 86 valence electrons. The average molecular weight is 200 g/mol. The zero-order valence-electron chi connectivity index (χ0n) is 10.5. The van der Waals surface area contributed by atoms with Crippen molar-refractivity contribution in [3.63, 3.8) is 0 Å². The summed E-state index contributed by atoms with van der Waals surface area (Å²) in [6, 6.07) is 0. The molecule has 0 aliphatic rings. The molecule has 0 saturated carbocycles. The predicted octanol–water partition coefficient (Wildman–Crippen LogP) is 2.35. The average Bonchev–Trinajstić information content (AvgIpc) is 2.14. The highest BCUT2D eigenvalue weighted by molar-refractivity contribution is 4.55. The molecule has 0 amide bonds. The van der Waals surface area contributed by atoms with Crippen molar-refractivity contribution in [2.45, 2.75) is 40.0 Å². The van der Waals surface area contributed by atoms with E-state index in [-0.39, 0.29) is 0 Å². The van der Waals surface area contributed by atoms with Gasteiger partial charge in [0, 0.05) is 0 Å². The Labute approximate surface area is 90.1 Å². The second-order valence-corrected chi connectivity index (χ2v) is 4.59. The minimum absolute atomic E-state index is 0.829. The molecule has 2 nitrogen and oxygen atoms in total. The Morgan fingerprint density at radius 2 is 1.86 bits per heavy atom. The highest BCUT2D eigenvalue weighted by Gasteiger charge is 1.99. The van der Waals surface area contributed by atoms with E-state index in [1.807, 2.05) is 0 Å². The molecule has 0 radical (unpaired) electrons. The van der Waals surface area contributed by atoms with E-state index in [1.54, 1.807) is 0 Å². The summed E-state index contributed by atoms with van der Waals surface area (Å²) < 4.78 is 0. The van der Waals surface area contributed by atoms with E-state index in [9.17, 15) is 0 Å². The summed E-state index contributed by atoms with van der Waals surface area (Å²) in [5, 5.41) is 3.43. The Morgan fingerprint density at radius 1 is 1.14 bits per heavy atom. The molecule has 0 unspecified atom stereocenters. The molecule has 0 aromatic heterocycles. The molecule has 0 aliphatic carbocycles. The number of hydrogen-bond donors (Lipinski definition) is 1. The molecule has 1 N–H and O–H groups in total. The molecule has 14 heavy (non-hydrogen) atoms. The highest BCUT2D eigenvalue weighted by Crippen LogP contribution is 2.00. The third kappa shape index (κ3) is 10.0. The monoisotopic (exact) mass is 200 g/mol. The normalized spacial score (nSPS) is 11.6. The van der Waals surface area contributed by atoms with Gasteiger partial charge in [-0.05, 0) is 58.4 Å². The third-order valence-corrected chi connectivity index (χ3v) is 2.41. The van der Waals surface area contributed by atoms with Crippen LogP contribution in [0.3, 0.4) is 0 Å². The predicted molar refractivity (Wildman–Crippen MR) is 64.7 cm³/mol. The standard InChI is InChI=1S/C12H28N2/c1-5-8-13-9-6-10-14(4)11-7-12(2)3/h12-13H,5-11H2,1-4H3. The summed E-state index contributed by atoms with van der Waals surface area (Å²) in [5.74, 6) is 0.829. The second-order valence-electron chi connectivity index (χ2n) is 4.59. The number of nitrogens with one attached hydrogen (secondary N) is 1. The van der Waals surface area contributed by atoms with Crippen LogP contribution >= 0.6 is 0 Å². The first-order valence-corrected chi connectivity index (χ1v) is 6.06. The van der Waals surface area contributed by atoms with Crippen LogP contribution in [0, 0.1) is 5.92 Å². The zero-order chi connectivity index (χ0) is 10.8. The van der Waals surface area contributed by atoms with Crippen molar-refractivity contribution in [1.82, 2.24) is 10.2 Å². The van der Waals surface area contributed by atoms with E-state index < -0.39 is 0 Å². The van der Waals surface area contributed by atoms with Gasteiger partial charge in [-0.2, -0.15) is 0 Å². The topological polar surface area (TPSA) is 15.3 Å². The molecule has 0 saturated heterocycles. The molecule has 0 bridgehead atoms. The van der Waals surface area contributed by atoms with Gasteiger partial charge in [0.2, 0.25) is 0 Å². The van der Waals surface area contributed by atoms with Gasteiger partial charge in [-0.25, -0.2) is 0 Å². The van der Waals surface area contributed by atoms with Crippen LogP contribution in [0.15, 0.2) is 0 Å². The van der Waals surface area contributed by atoms with Gasteiger partial charge in [0.1, 0.15) is 0 Å². The fourth-order valence-electron chi connectivity index (χ4n) is 1.37. The Balaban J connectivity index is 3.14. The minimum Gasteiger partial charge on any atom is -0.317 e. The van der Waals surface area contributed by atoms with E-state index in [1.165, 1.54) is 38.9 Å². The lowest BCUT2D eigenvalue weighted by molar-refractivity contribution is 0.305. The maximum Gasteiger partial charge on any atom is -0.000969 e. The molecule has 0 heterocycles. The van der Waals surface area contributed by atoms with Crippen molar-refractivity contribution in [3.8, 4) is 0 Å². The van der Waals surface area contributed by atoms with Crippen LogP contribution < -0.4 is 5.32 Å². The summed E-state index contributed by atoms with van der Waals surface area (Å²) in [6.45, 7) is 11.6. The van der Waals surface area contributed by atoms with E-state index in [0.29, 0.717) is 0 Å². The molecule has 0 atom stereocenters. The summed E-state index contributed by atoms with van der Waals surface area (Å²) in [4.78, 5) is 2.44. The summed E-state index contributed by atoms with van der Waals surface area (Å²) >= 11 is 0. The smallest absolute Gasteiger partial charge is 0.000969 e. The molecule has 0 rings (SSSR count). The lowest BCUT2D eigenvalue weighted by Crippen LogP contribution is -2.25. The van der Waals surface area contributed by atoms with Crippen LogP contribution in [0.25, 0.3) is 0 Å². The van der Waals surface area contributed by atoms with Crippen LogP contribution in [0.5, 0.6) is 0 Å². The molecular formula is C12H28N2. The zero-order valence-corrected chi connectivity index (χ0v) is 10.5. The van der Waals surface area contributed by atoms with Gasteiger partial charge in [-0.15, -0.1) is 0 Å². The largest absolute Gasteiger partial charge is 0.317 e. The Hall–Kier alpha value is -0.0800. The number of hydrogen-bond acceptors (Lipinski definition) is 2. The van der Waals surface area contributed by atoms with E-state index in [2.05, 4.69) is 38.0 Å². The fourth-order valence-corrected chi connectivity index (χ4v) is 1.37. The van der Waals surface area contributed by atoms with Gasteiger partial charge in [0.15, 0.2) is 0 Å².